The van der Waals surface area contributed by atoms with Gasteiger partial charge in [-0.2, -0.15) is 0 Å². The molecule has 0 saturated carbocycles. The van der Waals surface area contributed by atoms with E-state index in [1.807, 2.05) is 0 Å². The van der Waals surface area contributed by atoms with Crippen molar-refractivity contribution in [1.82, 2.24) is 4.90 Å². The summed E-state index contributed by atoms with van der Waals surface area (Å²) in [4.78, 5) is 52.5. The number of esters is 3. The molecule has 0 fully saturated rings. The smallest absolute Gasteiger partial charge is 0.466 e. The molecule has 0 spiro atoms. The second kappa shape index (κ2) is 49.5. The molecule has 0 heterocycles. The molecule has 0 radical (unpaired) electrons. The summed E-state index contributed by atoms with van der Waals surface area (Å²) < 4.78 is 39.5. The molecule has 0 N–H and O–H groups in total. The summed E-state index contributed by atoms with van der Waals surface area (Å²) in [7, 11) is 0. The van der Waals surface area contributed by atoms with Crippen LogP contribution in [0, 0.1) is 5.92 Å². The first-order valence-electron chi connectivity index (χ1n) is 27.0. The van der Waals surface area contributed by atoms with Gasteiger partial charge in [-0.25, -0.2) is 4.79 Å². The maximum atomic E-state index is 13.0. The van der Waals surface area contributed by atoms with Crippen LogP contribution in [-0.4, -0.2) is 101 Å². The van der Waals surface area contributed by atoms with Gasteiger partial charge >= 0.3 is 24.1 Å². The number of carbonyl (C=O) groups excluding carboxylic acids is 4. The van der Waals surface area contributed by atoms with Crippen molar-refractivity contribution in [2.45, 2.75) is 246 Å². The fraction of sp³-hybridized carbons (Fsp3) is 0.925. The van der Waals surface area contributed by atoms with Gasteiger partial charge in [0.25, 0.3) is 0 Å². The minimum atomic E-state index is -0.803. The van der Waals surface area contributed by atoms with E-state index in [1.54, 1.807) is 0 Å². The average molecular weight is 928 g/mol. The van der Waals surface area contributed by atoms with E-state index in [1.165, 1.54) is 103 Å². The van der Waals surface area contributed by atoms with Crippen LogP contribution in [0.2, 0.25) is 0 Å². The van der Waals surface area contributed by atoms with E-state index < -0.39 is 24.3 Å². The lowest BCUT2D eigenvalue weighted by Gasteiger charge is -2.20. The molecule has 0 saturated heterocycles. The van der Waals surface area contributed by atoms with Gasteiger partial charge in [0.15, 0.2) is 6.29 Å². The number of carbonyl (C=O) groups is 4. The number of rotatable bonds is 50. The first kappa shape index (κ1) is 62.6. The Bertz CT molecular complexity index is 1050. The lowest BCUT2D eigenvalue weighted by atomic mass is 10.1. The summed E-state index contributed by atoms with van der Waals surface area (Å²) >= 11 is 0. The second-order valence-corrected chi connectivity index (χ2v) is 17.9. The fourth-order valence-electron chi connectivity index (χ4n) is 7.48. The SMILES string of the molecule is CCCCCCCCCCCCOC(=O)CCCCCCCC(=O)OCC(COC(=O)CCC(OCCCCCCCC)OCCCCCCCC)COC(=O)OCCCN(CC)CC. The average Bonchev–Trinajstić information content (AvgIpc) is 3.30. The predicted molar refractivity (Wildman–Crippen MR) is 262 cm³/mol. The summed E-state index contributed by atoms with van der Waals surface area (Å²) in [6.07, 6.45) is 31.2. The Morgan fingerprint density at radius 1 is 0.369 bits per heavy atom. The van der Waals surface area contributed by atoms with Crippen LogP contribution in [0.5, 0.6) is 0 Å². The van der Waals surface area contributed by atoms with Crippen LogP contribution < -0.4 is 0 Å². The molecule has 384 valence electrons. The highest BCUT2D eigenvalue weighted by Crippen LogP contribution is 2.15. The van der Waals surface area contributed by atoms with Gasteiger partial charge < -0.3 is 38.1 Å². The van der Waals surface area contributed by atoms with Crippen molar-refractivity contribution in [3.8, 4) is 0 Å². The summed E-state index contributed by atoms with van der Waals surface area (Å²) in [5.74, 6) is -1.45. The zero-order valence-electron chi connectivity index (χ0n) is 42.8. The van der Waals surface area contributed by atoms with Crippen molar-refractivity contribution < 1.29 is 52.3 Å². The van der Waals surface area contributed by atoms with Crippen molar-refractivity contribution in [3.05, 3.63) is 0 Å². The largest absolute Gasteiger partial charge is 0.508 e. The molecule has 12 heteroatoms. The fourth-order valence-corrected chi connectivity index (χ4v) is 7.48. The van der Waals surface area contributed by atoms with Gasteiger partial charge in [-0.3, -0.25) is 14.4 Å². The molecule has 0 amide bonds. The molecule has 1 unspecified atom stereocenters. The Kier molecular flexibility index (Phi) is 47.6. The van der Waals surface area contributed by atoms with Gasteiger partial charge in [-0.1, -0.05) is 176 Å². The van der Waals surface area contributed by atoms with Crippen LogP contribution in [-0.2, 0) is 47.5 Å². The molecule has 0 aliphatic rings. The Hall–Kier alpha value is -2.44. The van der Waals surface area contributed by atoms with Gasteiger partial charge in [0.2, 0.25) is 0 Å². The Morgan fingerprint density at radius 3 is 1.20 bits per heavy atom. The van der Waals surface area contributed by atoms with Crippen LogP contribution in [0.3, 0.4) is 0 Å². The molecule has 0 bridgehead atoms. The highest BCUT2D eigenvalue weighted by atomic mass is 16.7. The Balaban J connectivity index is 4.73. The highest BCUT2D eigenvalue weighted by molar-refractivity contribution is 5.70. The molecule has 65 heavy (non-hydrogen) atoms. The first-order chi connectivity index (χ1) is 31.8. The topological polar surface area (TPSA) is 136 Å². The molecular weight excluding hydrogens is 827 g/mol. The van der Waals surface area contributed by atoms with Crippen molar-refractivity contribution in [2.24, 2.45) is 5.92 Å². The molecule has 0 rings (SSSR count). The zero-order chi connectivity index (χ0) is 47.7. The quantitative estimate of drug-likeness (QED) is 0.0249. The number of nitrogens with zero attached hydrogens (tertiary/aromatic N) is 1. The van der Waals surface area contributed by atoms with Gasteiger partial charge in [0.05, 0.1) is 25.6 Å². The van der Waals surface area contributed by atoms with Crippen molar-refractivity contribution in [3.63, 3.8) is 0 Å². The van der Waals surface area contributed by atoms with Crippen LogP contribution in [0.25, 0.3) is 0 Å². The van der Waals surface area contributed by atoms with Crippen molar-refractivity contribution >= 4 is 24.1 Å². The standard InChI is InChI=1S/C53H101NO11/c1-6-11-14-17-20-21-22-23-29-32-41-59-49(55)36-30-25-24-26-31-37-50(56)63-45-48(47-65-53(58)62-44-35-40-54(9-4)10-5)46-64-51(57)38-39-52(60-42-33-27-18-15-12-7-2)61-43-34-28-19-16-13-8-3/h48,52H,6-47H2,1-5H3. The summed E-state index contributed by atoms with van der Waals surface area (Å²) in [6, 6.07) is 0. The number of hydrogen-bond acceptors (Lipinski definition) is 12. The van der Waals surface area contributed by atoms with E-state index in [-0.39, 0.29) is 51.2 Å². The minimum Gasteiger partial charge on any atom is -0.466 e. The van der Waals surface area contributed by atoms with E-state index in [0.717, 1.165) is 83.8 Å². The Morgan fingerprint density at radius 2 is 0.738 bits per heavy atom. The third kappa shape index (κ3) is 45.1. The van der Waals surface area contributed by atoms with E-state index in [4.69, 9.17) is 33.2 Å². The molecule has 0 aromatic rings. The lowest BCUT2D eigenvalue weighted by Crippen LogP contribution is -2.28. The lowest BCUT2D eigenvalue weighted by molar-refractivity contribution is -0.161. The molecule has 1 atom stereocenters. The van der Waals surface area contributed by atoms with Crippen LogP contribution >= 0.6 is 0 Å². The zero-order valence-corrected chi connectivity index (χ0v) is 42.8. The number of hydrogen-bond donors (Lipinski definition) is 0. The highest BCUT2D eigenvalue weighted by Gasteiger charge is 2.20. The van der Waals surface area contributed by atoms with Crippen LogP contribution in [0.15, 0.2) is 0 Å². The van der Waals surface area contributed by atoms with Gasteiger partial charge in [0, 0.05) is 39.0 Å². The molecule has 0 aromatic carbocycles. The van der Waals surface area contributed by atoms with E-state index >= 15 is 0 Å². The molecule has 0 aromatic heterocycles. The van der Waals surface area contributed by atoms with Crippen molar-refractivity contribution in [1.29, 1.82) is 0 Å². The van der Waals surface area contributed by atoms with Gasteiger partial charge in [0.1, 0.15) is 19.8 Å². The monoisotopic (exact) mass is 928 g/mol. The summed E-state index contributed by atoms with van der Waals surface area (Å²) in [5.41, 5.74) is 0. The molecule has 12 nitrogen and oxygen atoms in total. The van der Waals surface area contributed by atoms with Crippen LogP contribution in [0.4, 0.5) is 4.79 Å². The molecular formula is C53H101NO11. The summed E-state index contributed by atoms with van der Waals surface area (Å²) in [5, 5.41) is 0. The van der Waals surface area contributed by atoms with E-state index in [9.17, 15) is 19.2 Å². The van der Waals surface area contributed by atoms with Crippen molar-refractivity contribution in [2.75, 3.05) is 65.9 Å². The second-order valence-electron chi connectivity index (χ2n) is 17.9. The first-order valence-corrected chi connectivity index (χ1v) is 27.0. The minimum absolute atomic E-state index is 0.0616. The van der Waals surface area contributed by atoms with Crippen LogP contribution in [0.1, 0.15) is 240 Å². The van der Waals surface area contributed by atoms with E-state index in [0.29, 0.717) is 45.5 Å². The number of ether oxygens (including phenoxy) is 7. The number of unbranched alkanes of at least 4 members (excludes halogenated alkanes) is 23. The molecule has 0 aliphatic heterocycles. The third-order valence-corrected chi connectivity index (χ3v) is 11.8. The Labute approximate surface area is 398 Å². The summed E-state index contributed by atoms with van der Waals surface area (Å²) in [6.45, 7) is 15.2. The van der Waals surface area contributed by atoms with E-state index in [2.05, 4.69) is 39.5 Å². The normalized spacial score (nSPS) is 11.9. The molecule has 0 aliphatic carbocycles. The maximum absolute atomic E-state index is 13.0. The van der Waals surface area contributed by atoms with Gasteiger partial charge in [-0.05, 0) is 51.6 Å². The third-order valence-electron chi connectivity index (χ3n) is 11.8. The maximum Gasteiger partial charge on any atom is 0.508 e. The van der Waals surface area contributed by atoms with Gasteiger partial charge in [-0.15, -0.1) is 0 Å². The predicted octanol–water partition coefficient (Wildman–Crippen LogP) is 13.6.